The van der Waals surface area contributed by atoms with Gasteiger partial charge in [0.25, 0.3) is 0 Å². The number of aromatic nitrogens is 1. The Balaban J connectivity index is 2.54. The summed E-state index contributed by atoms with van der Waals surface area (Å²) < 4.78 is 4.89. The molecular weight excluding hydrogens is 178 g/mol. The van der Waals surface area contributed by atoms with E-state index in [0.29, 0.717) is 5.76 Å². The van der Waals surface area contributed by atoms with Gasteiger partial charge >= 0.3 is 5.76 Å². The SMILES string of the molecule is Cc1ccc(-c2[nH]c(=O)oc2C)cc1. The summed E-state index contributed by atoms with van der Waals surface area (Å²) in [6.07, 6.45) is 0. The minimum atomic E-state index is -0.405. The molecule has 3 nitrogen and oxygen atoms in total. The van der Waals surface area contributed by atoms with Gasteiger partial charge in [-0.2, -0.15) is 0 Å². The number of rotatable bonds is 1. The third-order valence-electron chi connectivity index (χ3n) is 2.17. The van der Waals surface area contributed by atoms with Crippen LogP contribution in [0.2, 0.25) is 0 Å². The third-order valence-corrected chi connectivity index (χ3v) is 2.17. The molecule has 0 radical (unpaired) electrons. The van der Waals surface area contributed by atoms with E-state index in [1.54, 1.807) is 6.92 Å². The minimum Gasteiger partial charge on any atom is -0.413 e. The molecule has 0 saturated heterocycles. The van der Waals surface area contributed by atoms with E-state index < -0.39 is 5.76 Å². The average Bonchev–Trinajstić information content (AvgIpc) is 2.47. The van der Waals surface area contributed by atoms with E-state index in [1.165, 1.54) is 5.56 Å². The summed E-state index contributed by atoms with van der Waals surface area (Å²) in [5.41, 5.74) is 2.92. The van der Waals surface area contributed by atoms with E-state index in [0.717, 1.165) is 11.3 Å². The topological polar surface area (TPSA) is 46.0 Å². The molecule has 0 spiro atoms. The monoisotopic (exact) mass is 189 g/mol. The molecule has 1 N–H and O–H groups in total. The summed E-state index contributed by atoms with van der Waals surface area (Å²) in [7, 11) is 0. The third kappa shape index (κ3) is 1.48. The first-order chi connectivity index (χ1) is 6.66. The van der Waals surface area contributed by atoms with Gasteiger partial charge in [-0.1, -0.05) is 29.8 Å². The molecule has 3 heteroatoms. The first-order valence-corrected chi connectivity index (χ1v) is 4.43. The molecular formula is C11H11NO2. The van der Waals surface area contributed by atoms with Crippen LogP contribution in [0.1, 0.15) is 11.3 Å². The van der Waals surface area contributed by atoms with Gasteiger partial charge in [0, 0.05) is 5.56 Å². The maximum Gasteiger partial charge on any atom is 0.416 e. The van der Waals surface area contributed by atoms with Crippen LogP contribution in [0.15, 0.2) is 33.5 Å². The quantitative estimate of drug-likeness (QED) is 0.747. The smallest absolute Gasteiger partial charge is 0.413 e. The molecule has 0 atom stereocenters. The largest absolute Gasteiger partial charge is 0.416 e. The highest BCUT2D eigenvalue weighted by Gasteiger charge is 2.06. The molecule has 0 aliphatic carbocycles. The zero-order valence-corrected chi connectivity index (χ0v) is 8.13. The maximum atomic E-state index is 10.9. The molecule has 1 aromatic carbocycles. The van der Waals surface area contributed by atoms with Gasteiger partial charge in [0.1, 0.15) is 5.76 Å². The molecule has 1 aromatic heterocycles. The molecule has 2 aromatic rings. The molecule has 2 rings (SSSR count). The average molecular weight is 189 g/mol. The van der Waals surface area contributed by atoms with E-state index in [4.69, 9.17) is 4.42 Å². The predicted octanol–water partition coefficient (Wildman–Crippen LogP) is 2.25. The fraction of sp³-hybridized carbons (Fsp3) is 0.182. The number of hydrogen-bond donors (Lipinski definition) is 1. The van der Waals surface area contributed by atoms with Gasteiger partial charge in [0.2, 0.25) is 0 Å². The number of nitrogens with one attached hydrogen (secondary N) is 1. The first-order valence-electron chi connectivity index (χ1n) is 4.43. The Kier molecular flexibility index (Phi) is 2.00. The normalized spacial score (nSPS) is 10.4. The Labute approximate surface area is 81.4 Å². The highest BCUT2D eigenvalue weighted by molar-refractivity contribution is 5.60. The summed E-state index contributed by atoms with van der Waals surface area (Å²) in [5, 5.41) is 0. The summed E-state index contributed by atoms with van der Waals surface area (Å²) in [6, 6.07) is 7.92. The number of hydrogen-bond acceptors (Lipinski definition) is 2. The van der Waals surface area contributed by atoms with Crippen molar-refractivity contribution in [1.29, 1.82) is 0 Å². The van der Waals surface area contributed by atoms with E-state index in [1.807, 2.05) is 31.2 Å². The number of aromatic amines is 1. The second-order valence-electron chi connectivity index (χ2n) is 3.31. The van der Waals surface area contributed by atoms with Crippen LogP contribution in [-0.4, -0.2) is 4.98 Å². The van der Waals surface area contributed by atoms with Crippen molar-refractivity contribution in [2.24, 2.45) is 0 Å². The van der Waals surface area contributed by atoms with Crippen LogP contribution in [0.25, 0.3) is 11.3 Å². The lowest BCUT2D eigenvalue weighted by atomic mass is 10.1. The first kappa shape index (κ1) is 8.81. The highest BCUT2D eigenvalue weighted by Crippen LogP contribution is 2.19. The lowest BCUT2D eigenvalue weighted by Gasteiger charge is -1.98. The number of aryl methyl sites for hydroxylation is 2. The summed E-state index contributed by atoms with van der Waals surface area (Å²) >= 11 is 0. The van der Waals surface area contributed by atoms with Gasteiger partial charge in [-0.05, 0) is 13.8 Å². The number of oxazole rings is 1. The molecule has 0 bridgehead atoms. The second-order valence-corrected chi connectivity index (χ2v) is 3.31. The molecule has 0 aliphatic rings. The molecule has 0 unspecified atom stereocenters. The molecule has 0 fully saturated rings. The van der Waals surface area contributed by atoms with Crippen LogP contribution in [-0.2, 0) is 0 Å². The van der Waals surface area contributed by atoms with Gasteiger partial charge in [-0.3, -0.25) is 4.98 Å². The van der Waals surface area contributed by atoms with Crippen LogP contribution >= 0.6 is 0 Å². The summed E-state index contributed by atoms with van der Waals surface area (Å²) in [6.45, 7) is 3.79. The standard InChI is InChI=1S/C11H11NO2/c1-7-3-5-9(6-4-7)10-8(2)14-11(13)12-10/h3-6H,1-2H3,(H,12,13). The van der Waals surface area contributed by atoms with Crippen LogP contribution in [0.4, 0.5) is 0 Å². The van der Waals surface area contributed by atoms with E-state index in [2.05, 4.69) is 4.98 Å². The van der Waals surface area contributed by atoms with Gasteiger partial charge in [0.05, 0.1) is 5.69 Å². The van der Waals surface area contributed by atoms with E-state index in [9.17, 15) is 4.79 Å². The van der Waals surface area contributed by atoms with Crippen LogP contribution in [0.3, 0.4) is 0 Å². The zero-order chi connectivity index (χ0) is 10.1. The second kappa shape index (κ2) is 3.18. The van der Waals surface area contributed by atoms with Gasteiger partial charge in [0.15, 0.2) is 0 Å². The Morgan fingerprint density at radius 2 is 1.79 bits per heavy atom. The Morgan fingerprint density at radius 1 is 1.14 bits per heavy atom. The molecule has 72 valence electrons. The fourth-order valence-electron chi connectivity index (χ4n) is 1.40. The van der Waals surface area contributed by atoms with Crippen molar-refractivity contribution in [1.82, 2.24) is 4.98 Å². The van der Waals surface area contributed by atoms with Gasteiger partial charge in [-0.15, -0.1) is 0 Å². The van der Waals surface area contributed by atoms with Crippen molar-refractivity contribution in [3.63, 3.8) is 0 Å². The number of benzene rings is 1. The fourth-order valence-corrected chi connectivity index (χ4v) is 1.40. The maximum absolute atomic E-state index is 10.9. The zero-order valence-electron chi connectivity index (χ0n) is 8.13. The molecule has 0 amide bonds. The lowest BCUT2D eigenvalue weighted by Crippen LogP contribution is -1.94. The van der Waals surface area contributed by atoms with Crippen LogP contribution < -0.4 is 5.76 Å². The Morgan fingerprint density at radius 3 is 2.29 bits per heavy atom. The lowest BCUT2D eigenvalue weighted by molar-refractivity contribution is 0.488. The van der Waals surface area contributed by atoms with Crippen molar-refractivity contribution in [2.75, 3.05) is 0 Å². The summed E-state index contributed by atoms with van der Waals surface area (Å²) in [4.78, 5) is 13.6. The Bertz CT molecular complexity index is 491. The van der Waals surface area contributed by atoms with E-state index in [-0.39, 0.29) is 0 Å². The van der Waals surface area contributed by atoms with Crippen LogP contribution in [0, 0.1) is 13.8 Å². The van der Waals surface area contributed by atoms with Crippen molar-refractivity contribution in [3.05, 3.63) is 46.1 Å². The van der Waals surface area contributed by atoms with Crippen molar-refractivity contribution >= 4 is 0 Å². The van der Waals surface area contributed by atoms with Crippen LogP contribution in [0.5, 0.6) is 0 Å². The Hall–Kier alpha value is -1.77. The van der Waals surface area contributed by atoms with Crippen molar-refractivity contribution in [2.45, 2.75) is 13.8 Å². The van der Waals surface area contributed by atoms with Gasteiger partial charge in [-0.25, -0.2) is 4.79 Å². The van der Waals surface area contributed by atoms with Gasteiger partial charge < -0.3 is 4.42 Å². The minimum absolute atomic E-state index is 0.405. The molecule has 0 aliphatic heterocycles. The van der Waals surface area contributed by atoms with Crippen molar-refractivity contribution in [3.8, 4) is 11.3 Å². The van der Waals surface area contributed by atoms with E-state index >= 15 is 0 Å². The molecule has 0 saturated carbocycles. The van der Waals surface area contributed by atoms with Crippen molar-refractivity contribution < 1.29 is 4.42 Å². The molecule has 14 heavy (non-hydrogen) atoms. The highest BCUT2D eigenvalue weighted by atomic mass is 16.4. The molecule has 1 heterocycles. The number of H-pyrrole nitrogens is 1. The summed E-state index contributed by atoms with van der Waals surface area (Å²) in [5.74, 6) is 0.219. The predicted molar refractivity (Wildman–Crippen MR) is 54.2 cm³/mol.